The van der Waals surface area contributed by atoms with Crippen molar-refractivity contribution in [2.75, 3.05) is 13.2 Å². The van der Waals surface area contributed by atoms with Gasteiger partial charge in [0.2, 0.25) is 0 Å². The molecule has 0 aliphatic carbocycles. The smallest absolute Gasteiger partial charge is 0.174 e. The molecule has 16 heavy (non-hydrogen) atoms. The molecule has 0 aromatic heterocycles. The number of hydrogen-bond donors (Lipinski definition) is 1. The highest BCUT2D eigenvalue weighted by molar-refractivity contribution is 5.28. The largest absolute Gasteiger partial charge is 0.479 e. The fraction of sp³-hybridized carbons (Fsp3) is 0.462. The predicted octanol–water partition coefficient (Wildman–Crippen LogP) is 2.48. The average molecular weight is 218 g/mol. The predicted molar refractivity (Wildman–Crippen MR) is 64.2 cm³/mol. The van der Waals surface area contributed by atoms with Crippen LogP contribution in [0.3, 0.4) is 0 Å². The first-order valence-electron chi connectivity index (χ1n) is 5.66. The summed E-state index contributed by atoms with van der Waals surface area (Å²) in [4.78, 5) is 0. The Balaban J connectivity index is 2.38. The zero-order valence-electron chi connectivity index (χ0n) is 9.70. The van der Waals surface area contributed by atoms with Crippen molar-refractivity contribution in [2.45, 2.75) is 26.3 Å². The van der Waals surface area contributed by atoms with Crippen molar-refractivity contribution in [3.05, 3.63) is 29.8 Å². The van der Waals surface area contributed by atoms with E-state index in [1.54, 1.807) is 0 Å². The number of ether oxygens (including phenoxy) is 1. The Hall–Kier alpha value is -1.53. The van der Waals surface area contributed by atoms with Gasteiger partial charge in [-0.15, -0.1) is 0 Å². The summed E-state index contributed by atoms with van der Waals surface area (Å²) in [5.41, 5.74) is 1.19. The maximum absolute atomic E-state index is 8.41. The molecule has 0 amide bonds. The van der Waals surface area contributed by atoms with Crippen LogP contribution in [0, 0.1) is 11.3 Å². The van der Waals surface area contributed by atoms with Gasteiger partial charge in [0, 0.05) is 6.54 Å². The van der Waals surface area contributed by atoms with Crippen LogP contribution in [-0.2, 0) is 6.54 Å². The van der Waals surface area contributed by atoms with Gasteiger partial charge in [-0.05, 0) is 30.7 Å². The molecule has 1 aromatic carbocycles. The molecule has 0 atom stereocenters. The Morgan fingerprint density at radius 1 is 1.44 bits per heavy atom. The average Bonchev–Trinajstić information content (AvgIpc) is 2.33. The molecular weight excluding hydrogens is 200 g/mol. The van der Waals surface area contributed by atoms with E-state index in [2.05, 4.69) is 18.3 Å². The van der Waals surface area contributed by atoms with Crippen molar-refractivity contribution in [1.29, 1.82) is 5.26 Å². The molecule has 0 saturated heterocycles. The molecule has 1 aromatic rings. The number of rotatable bonds is 7. The van der Waals surface area contributed by atoms with E-state index in [1.165, 1.54) is 18.4 Å². The molecule has 0 aliphatic rings. The van der Waals surface area contributed by atoms with Crippen LogP contribution in [0.1, 0.15) is 25.3 Å². The Bertz CT molecular complexity index is 344. The van der Waals surface area contributed by atoms with Crippen molar-refractivity contribution < 1.29 is 4.74 Å². The Morgan fingerprint density at radius 3 is 3.06 bits per heavy atom. The number of nitriles is 1. The van der Waals surface area contributed by atoms with Gasteiger partial charge < -0.3 is 10.1 Å². The van der Waals surface area contributed by atoms with Gasteiger partial charge in [0.15, 0.2) is 6.61 Å². The lowest BCUT2D eigenvalue weighted by atomic mass is 10.2. The SMILES string of the molecule is CCCCNCc1cccc(OCC#N)c1. The van der Waals surface area contributed by atoms with E-state index in [0.717, 1.165) is 18.8 Å². The van der Waals surface area contributed by atoms with E-state index >= 15 is 0 Å². The second-order valence-electron chi connectivity index (χ2n) is 3.62. The zero-order chi connectivity index (χ0) is 11.6. The van der Waals surface area contributed by atoms with Crippen LogP contribution in [0.5, 0.6) is 5.75 Å². The lowest BCUT2D eigenvalue weighted by molar-refractivity contribution is 0.367. The fourth-order valence-corrected chi connectivity index (χ4v) is 1.40. The highest BCUT2D eigenvalue weighted by Gasteiger charge is 1.96. The van der Waals surface area contributed by atoms with Gasteiger partial charge in [0.25, 0.3) is 0 Å². The van der Waals surface area contributed by atoms with E-state index in [4.69, 9.17) is 10.00 Å². The van der Waals surface area contributed by atoms with E-state index in [0.29, 0.717) is 0 Å². The van der Waals surface area contributed by atoms with Gasteiger partial charge in [-0.3, -0.25) is 0 Å². The molecule has 1 N–H and O–H groups in total. The standard InChI is InChI=1S/C13H18N2O/c1-2-3-8-15-11-12-5-4-6-13(10-12)16-9-7-14/h4-6,10,15H,2-3,8-9,11H2,1H3. The Morgan fingerprint density at radius 2 is 2.31 bits per heavy atom. The van der Waals surface area contributed by atoms with Crippen LogP contribution in [0.4, 0.5) is 0 Å². The minimum absolute atomic E-state index is 0.104. The Labute approximate surface area is 97.0 Å². The first kappa shape index (κ1) is 12.5. The minimum Gasteiger partial charge on any atom is -0.479 e. The second-order valence-corrected chi connectivity index (χ2v) is 3.62. The fourth-order valence-electron chi connectivity index (χ4n) is 1.40. The quantitative estimate of drug-likeness (QED) is 0.715. The van der Waals surface area contributed by atoms with Gasteiger partial charge in [-0.2, -0.15) is 5.26 Å². The molecule has 0 bridgehead atoms. The molecule has 0 spiro atoms. The molecule has 0 heterocycles. The lowest BCUT2D eigenvalue weighted by Crippen LogP contribution is -2.14. The van der Waals surface area contributed by atoms with Gasteiger partial charge >= 0.3 is 0 Å². The minimum atomic E-state index is 0.104. The summed E-state index contributed by atoms with van der Waals surface area (Å²) in [7, 11) is 0. The molecule has 0 radical (unpaired) electrons. The van der Waals surface area contributed by atoms with Crippen LogP contribution < -0.4 is 10.1 Å². The summed E-state index contributed by atoms with van der Waals surface area (Å²) in [5.74, 6) is 0.761. The maximum Gasteiger partial charge on any atom is 0.174 e. The van der Waals surface area contributed by atoms with Crippen LogP contribution >= 0.6 is 0 Å². The number of hydrogen-bond acceptors (Lipinski definition) is 3. The number of nitrogens with zero attached hydrogens (tertiary/aromatic N) is 1. The number of benzene rings is 1. The summed E-state index contributed by atoms with van der Waals surface area (Å²) in [5, 5.41) is 11.8. The van der Waals surface area contributed by atoms with Gasteiger partial charge in [0.05, 0.1) is 0 Å². The molecule has 86 valence electrons. The summed E-state index contributed by atoms with van der Waals surface area (Å²) in [6, 6.07) is 9.80. The van der Waals surface area contributed by atoms with Crippen LogP contribution in [0.15, 0.2) is 24.3 Å². The number of nitrogens with one attached hydrogen (secondary N) is 1. The van der Waals surface area contributed by atoms with Gasteiger partial charge in [0.1, 0.15) is 11.8 Å². The van der Waals surface area contributed by atoms with Crippen LogP contribution in [0.2, 0.25) is 0 Å². The monoisotopic (exact) mass is 218 g/mol. The van der Waals surface area contributed by atoms with Crippen molar-refractivity contribution in [1.82, 2.24) is 5.32 Å². The topological polar surface area (TPSA) is 45.0 Å². The van der Waals surface area contributed by atoms with Crippen molar-refractivity contribution in [3.63, 3.8) is 0 Å². The highest BCUT2D eigenvalue weighted by Crippen LogP contribution is 2.12. The van der Waals surface area contributed by atoms with Crippen molar-refractivity contribution in [2.24, 2.45) is 0 Å². The molecule has 0 saturated carbocycles. The third-order valence-corrected chi connectivity index (χ3v) is 2.24. The Kier molecular flexibility index (Phi) is 6.05. The third kappa shape index (κ3) is 4.81. The normalized spacial score (nSPS) is 9.75. The first-order valence-corrected chi connectivity index (χ1v) is 5.66. The van der Waals surface area contributed by atoms with E-state index in [-0.39, 0.29) is 6.61 Å². The number of unbranched alkanes of at least 4 members (excludes halogenated alkanes) is 1. The lowest BCUT2D eigenvalue weighted by Gasteiger charge is -2.06. The van der Waals surface area contributed by atoms with Gasteiger partial charge in [-0.1, -0.05) is 25.5 Å². The molecular formula is C13H18N2O. The summed E-state index contributed by atoms with van der Waals surface area (Å²) in [6.07, 6.45) is 2.41. The summed E-state index contributed by atoms with van der Waals surface area (Å²) >= 11 is 0. The molecule has 3 heteroatoms. The van der Waals surface area contributed by atoms with E-state index in [9.17, 15) is 0 Å². The molecule has 1 rings (SSSR count). The highest BCUT2D eigenvalue weighted by atomic mass is 16.5. The first-order chi connectivity index (χ1) is 7.86. The zero-order valence-corrected chi connectivity index (χ0v) is 9.70. The molecule has 3 nitrogen and oxygen atoms in total. The third-order valence-electron chi connectivity index (χ3n) is 2.24. The van der Waals surface area contributed by atoms with Crippen molar-refractivity contribution in [3.8, 4) is 11.8 Å². The van der Waals surface area contributed by atoms with E-state index in [1.807, 2.05) is 24.3 Å². The van der Waals surface area contributed by atoms with Crippen LogP contribution in [-0.4, -0.2) is 13.2 Å². The van der Waals surface area contributed by atoms with Crippen LogP contribution in [0.25, 0.3) is 0 Å². The summed E-state index contributed by atoms with van der Waals surface area (Å²) in [6.45, 7) is 4.17. The summed E-state index contributed by atoms with van der Waals surface area (Å²) < 4.78 is 5.23. The molecule has 0 unspecified atom stereocenters. The second kappa shape index (κ2) is 7.72. The van der Waals surface area contributed by atoms with E-state index < -0.39 is 0 Å². The molecule has 0 fully saturated rings. The molecule has 0 aliphatic heterocycles. The maximum atomic E-state index is 8.41. The van der Waals surface area contributed by atoms with Gasteiger partial charge in [-0.25, -0.2) is 0 Å². The van der Waals surface area contributed by atoms with Crippen molar-refractivity contribution >= 4 is 0 Å².